The Morgan fingerprint density at radius 1 is 1.00 bits per heavy atom. The lowest BCUT2D eigenvalue weighted by Crippen LogP contribution is -2.35. The molecule has 162 valence electrons. The molecule has 1 heterocycles. The number of hydrazine groups is 1. The lowest BCUT2D eigenvalue weighted by atomic mass is 10.1. The van der Waals surface area contributed by atoms with Gasteiger partial charge in [0.15, 0.2) is 11.5 Å². The summed E-state index contributed by atoms with van der Waals surface area (Å²) in [4.78, 5) is 25.3. The van der Waals surface area contributed by atoms with Gasteiger partial charge in [-0.25, -0.2) is 5.01 Å². The van der Waals surface area contributed by atoms with E-state index in [9.17, 15) is 9.59 Å². The van der Waals surface area contributed by atoms with E-state index in [4.69, 9.17) is 21.1 Å². The monoisotopic (exact) mass is 448 g/mol. The average Bonchev–Trinajstić information content (AvgIpc) is 3.09. The summed E-state index contributed by atoms with van der Waals surface area (Å²) >= 11 is 6.16. The van der Waals surface area contributed by atoms with Crippen molar-refractivity contribution in [3.05, 3.63) is 94.0 Å². The van der Waals surface area contributed by atoms with Crippen molar-refractivity contribution in [1.29, 1.82) is 0 Å². The Morgan fingerprint density at radius 2 is 1.78 bits per heavy atom. The first-order valence-corrected chi connectivity index (χ1v) is 10.3. The van der Waals surface area contributed by atoms with Crippen molar-refractivity contribution >= 4 is 35.2 Å². The number of nitrogens with zero attached hydrogens (tertiary/aromatic N) is 1. The number of anilines is 1. The van der Waals surface area contributed by atoms with Crippen molar-refractivity contribution < 1.29 is 19.1 Å². The standard InChI is InChI=1S/C25H21ClN2O4/c1-16-8-10-19(14-21(16)26)28-25(30)20(24(29)27-28)12-18-9-11-22(23(13-18)31-2)32-15-17-6-4-3-5-7-17/h3-14H,15H2,1-2H3,(H,27,29). The molecule has 0 atom stereocenters. The van der Waals surface area contributed by atoms with Crippen LogP contribution in [0, 0.1) is 6.92 Å². The first kappa shape index (κ1) is 21.5. The Morgan fingerprint density at radius 3 is 2.50 bits per heavy atom. The number of carbonyl (C=O) groups is 2. The molecule has 0 unspecified atom stereocenters. The predicted molar refractivity (Wildman–Crippen MR) is 124 cm³/mol. The van der Waals surface area contributed by atoms with Gasteiger partial charge < -0.3 is 9.47 Å². The number of hydrogen-bond donors (Lipinski definition) is 1. The van der Waals surface area contributed by atoms with Crippen LogP contribution in [0.4, 0.5) is 5.69 Å². The molecule has 0 spiro atoms. The molecule has 3 aromatic rings. The summed E-state index contributed by atoms with van der Waals surface area (Å²) in [7, 11) is 1.54. The maximum Gasteiger partial charge on any atom is 0.282 e. The minimum Gasteiger partial charge on any atom is -0.493 e. The van der Waals surface area contributed by atoms with Crippen LogP contribution in [0.2, 0.25) is 5.02 Å². The maximum absolute atomic E-state index is 12.9. The quantitative estimate of drug-likeness (QED) is 0.438. The van der Waals surface area contributed by atoms with Crippen LogP contribution in [0.15, 0.2) is 72.3 Å². The zero-order valence-electron chi connectivity index (χ0n) is 17.6. The van der Waals surface area contributed by atoms with E-state index in [2.05, 4.69) is 5.43 Å². The first-order chi connectivity index (χ1) is 15.5. The Labute approximate surface area is 191 Å². The van der Waals surface area contributed by atoms with Crippen LogP contribution < -0.4 is 19.9 Å². The second-order valence-electron chi connectivity index (χ2n) is 7.26. The molecule has 0 aromatic heterocycles. The summed E-state index contributed by atoms with van der Waals surface area (Å²) in [5, 5.41) is 1.70. The second-order valence-corrected chi connectivity index (χ2v) is 7.66. The highest BCUT2D eigenvalue weighted by Gasteiger charge is 2.34. The fourth-order valence-electron chi connectivity index (χ4n) is 3.26. The third-order valence-electron chi connectivity index (χ3n) is 5.04. The van der Waals surface area contributed by atoms with Gasteiger partial charge in [-0.3, -0.25) is 15.0 Å². The third kappa shape index (κ3) is 4.45. The zero-order valence-corrected chi connectivity index (χ0v) is 18.3. The SMILES string of the molecule is COc1cc(C=C2C(=O)NN(c3ccc(C)c(Cl)c3)C2=O)ccc1OCc1ccccc1. The van der Waals surface area contributed by atoms with Gasteiger partial charge in [-0.2, -0.15) is 0 Å². The smallest absolute Gasteiger partial charge is 0.282 e. The zero-order chi connectivity index (χ0) is 22.7. The average molecular weight is 449 g/mol. The summed E-state index contributed by atoms with van der Waals surface area (Å²) in [5.74, 6) is 0.119. The van der Waals surface area contributed by atoms with Crippen LogP contribution in [0.1, 0.15) is 16.7 Å². The van der Waals surface area contributed by atoms with Crippen molar-refractivity contribution in [3.63, 3.8) is 0 Å². The van der Waals surface area contributed by atoms with Crippen LogP contribution in [-0.2, 0) is 16.2 Å². The number of carbonyl (C=O) groups excluding carboxylic acids is 2. The summed E-state index contributed by atoms with van der Waals surface area (Å²) < 4.78 is 11.3. The van der Waals surface area contributed by atoms with E-state index < -0.39 is 11.8 Å². The molecule has 0 radical (unpaired) electrons. The number of ether oxygens (including phenoxy) is 2. The van der Waals surface area contributed by atoms with E-state index in [0.29, 0.717) is 34.4 Å². The highest BCUT2D eigenvalue weighted by molar-refractivity contribution is 6.33. The Balaban J connectivity index is 1.55. The van der Waals surface area contributed by atoms with Crippen LogP contribution >= 0.6 is 11.6 Å². The predicted octanol–water partition coefficient (Wildman–Crippen LogP) is 4.70. The van der Waals surface area contributed by atoms with Crippen LogP contribution in [0.5, 0.6) is 11.5 Å². The molecule has 2 amide bonds. The lowest BCUT2D eigenvalue weighted by Gasteiger charge is -2.15. The van der Waals surface area contributed by atoms with Crippen molar-refractivity contribution in [3.8, 4) is 11.5 Å². The van der Waals surface area contributed by atoms with Crippen molar-refractivity contribution in [2.75, 3.05) is 12.1 Å². The van der Waals surface area contributed by atoms with Crippen molar-refractivity contribution in [1.82, 2.24) is 5.43 Å². The lowest BCUT2D eigenvalue weighted by molar-refractivity contribution is -0.117. The van der Waals surface area contributed by atoms with E-state index in [1.54, 1.807) is 36.4 Å². The number of hydrogen-bond acceptors (Lipinski definition) is 4. The summed E-state index contributed by atoms with van der Waals surface area (Å²) in [6.45, 7) is 2.26. The number of aryl methyl sites for hydroxylation is 1. The molecule has 0 bridgehead atoms. The largest absolute Gasteiger partial charge is 0.493 e. The first-order valence-electron chi connectivity index (χ1n) is 9.94. The van der Waals surface area contributed by atoms with E-state index in [-0.39, 0.29) is 5.57 Å². The molecule has 0 aliphatic carbocycles. The molecule has 1 aliphatic heterocycles. The molecule has 1 N–H and O–H groups in total. The van der Waals surface area contributed by atoms with Gasteiger partial charge in [-0.05, 0) is 54.0 Å². The van der Waals surface area contributed by atoms with Gasteiger partial charge in [0.25, 0.3) is 11.8 Å². The molecular weight excluding hydrogens is 428 g/mol. The molecule has 3 aromatic carbocycles. The molecule has 32 heavy (non-hydrogen) atoms. The van der Waals surface area contributed by atoms with E-state index in [1.807, 2.05) is 37.3 Å². The number of benzene rings is 3. The Hall–Kier alpha value is -3.77. The van der Waals surface area contributed by atoms with Gasteiger partial charge in [-0.15, -0.1) is 0 Å². The second kappa shape index (κ2) is 9.16. The highest BCUT2D eigenvalue weighted by atomic mass is 35.5. The van der Waals surface area contributed by atoms with Crippen LogP contribution in [-0.4, -0.2) is 18.9 Å². The van der Waals surface area contributed by atoms with Gasteiger partial charge in [0.2, 0.25) is 0 Å². The minimum atomic E-state index is -0.491. The fourth-order valence-corrected chi connectivity index (χ4v) is 3.43. The van der Waals surface area contributed by atoms with Gasteiger partial charge in [0, 0.05) is 5.02 Å². The molecule has 1 saturated heterocycles. The Kier molecular flexibility index (Phi) is 6.14. The van der Waals surface area contributed by atoms with Crippen LogP contribution in [0.25, 0.3) is 6.08 Å². The summed E-state index contributed by atoms with van der Waals surface area (Å²) in [5.41, 5.74) is 5.63. The minimum absolute atomic E-state index is 0.0155. The number of amides is 2. The van der Waals surface area contributed by atoms with E-state index in [1.165, 1.54) is 18.2 Å². The van der Waals surface area contributed by atoms with E-state index >= 15 is 0 Å². The molecule has 1 aliphatic rings. The number of rotatable bonds is 6. The normalized spacial score (nSPS) is 14.6. The third-order valence-corrected chi connectivity index (χ3v) is 5.45. The number of methoxy groups -OCH3 is 1. The highest BCUT2D eigenvalue weighted by Crippen LogP contribution is 2.31. The summed E-state index contributed by atoms with van der Waals surface area (Å²) in [6.07, 6.45) is 1.52. The maximum atomic E-state index is 12.9. The number of halogens is 1. The molecule has 4 rings (SSSR count). The molecule has 7 heteroatoms. The Bertz CT molecular complexity index is 1210. The van der Waals surface area contributed by atoms with Crippen LogP contribution in [0.3, 0.4) is 0 Å². The topological polar surface area (TPSA) is 67.9 Å². The van der Waals surface area contributed by atoms with Crippen molar-refractivity contribution in [2.45, 2.75) is 13.5 Å². The molecule has 0 saturated carbocycles. The number of nitrogens with one attached hydrogen (secondary N) is 1. The summed E-state index contributed by atoms with van der Waals surface area (Å²) in [6, 6.07) is 20.2. The molecule has 1 fully saturated rings. The van der Waals surface area contributed by atoms with E-state index in [0.717, 1.165) is 11.1 Å². The molecule has 6 nitrogen and oxygen atoms in total. The molecular formula is C25H21ClN2O4. The van der Waals surface area contributed by atoms with Crippen molar-refractivity contribution in [2.24, 2.45) is 0 Å². The van der Waals surface area contributed by atoms with Gasteiger partial charge >= 0.3 is 0 Å². The van der Waals surface area contributed by atoms with Gasteiger partial charge in [0.1, 0.15) is 12.2 Å². The fraction of sp³-hybridized carbons (Fsp3) is 0.120. The van der Waals surface area contributed by atoms with Gasteiger partial charge in [0.05, 0.1) is 12.8 Å². The van der Waals surface area contributed by atoms with Gasteiger partial charge in [-0.1, -0.05) is 54.1 Å².